The van der Waals surface area contributed by atoms with E-state index in [0.29, 0.717) is 34.3 Å². The monoisotopic (exact) mass is 467 g/mol. The molecule has 1 fully saturated rings. The van der Waals surface area contributed by atoms with Gasteiger partial charge in [0, 0.05) is 23.9 Å². The van der Waals surface area contributed by atoms with E-state index in [9.17, 15) is 18.0 Å². The maximum absolute atomic E-state index is 13.1. The van der Waals surface area contributed by atoms with Crippen molar-refractivity contribution in [2.45, 2.75) is 12.5 Å². The van der Waals surface area contributed by atoms with Crippen LogP contribution < -0.4 is 4.74 Å². The van der Waals surface area contributed by atoms with Gasteiger partial charge in [-0.2, -0.15) is 0 Å². The molecule has 33 heavy (non-hydrogen) atoms. The summed E-state index contributed by atoms with van der Waals surface area (Å²) in [6, 6.07) is 13.7. The lowest BCUT2D eigenvalue weighted by Crippen LogP contribution is -2.40. The number of ketones is 1. The minimum atomic E-state index is -3.09. The molecule has 5 rings (SSSR count). The Morgan fingerprint density at radius 2 is 1.94 bits per heavy atom. The van der Waals surface area contributed by atoms with E-state index in [-0.39, 0.29) is 41.6 Å². The minimum Gasteiger partial charge on any atom is -0.484 e. The van der Waals surface area contributed by atoms with Crippen LogP contribution in [0.2, 0.25) is 0 Å². The number of carbonyl (C=O) groups excluding carboxylic acids is 2. The average Bonchev–Trinajstić information content (AvgIpc) is 3.52. The number of ether oxygens (including phenoxy) is 1. The van der Waals surface area contributed by atoms with Crippen LogP contribution in [-0.4, -0.2) is 56.2 Å². The molecule has 1 aliphatic heterocycles. The summed E-state index contributed by atoms with van der Waals surface area (Å²) in [7, 11) is -1.50. The van der Waals surface area contributed by atoms with Crippen LogP contribution >= 0.6 is 0 Å². The summed E-state index contributed by atoms with van der Waals surface area (Å²) in [6.45, 7) is -0.247. The number of likely N-dealkylation sites (N-methyl/N-ethyl adjacent to an activating group) is 1. The molecule has 0 spiro atoms. The molecule has 0 N–H and O–H groups in total. The summed E-state index contributed by atoms with van der Waals surface area (Å²) in [4.78, 5) is 27.0. The Kier molecular flexibility index (Phi) is 5.20. The highest BCUT2D eigenvalue weighted by Crippen LogP contribution is 2.29. The minimum absolute atomic E-state index is 0.0243. The van der Waals surface area contributed by atoms with Crippen molar-refractivity contribution in [3.63, 3.8) is 0 Å². The topological polar surface area (TPSA) is 107 Å². The first-order valence-corrected chi connectivity index (χ1v) is 12.3. The number of amides is 1. The van der Waals surface area contributed by atoms with Crippen molar-refractivity contribution in [2.75, 3.05) is 25.2 Å². The molecule has 8 nitrogen and oxygen atoms in total. The zero-order valence-electron chi connectivity index (χ0n) is 17.8. The third-order valence-corrected chi connectivity index (χ3v) is 7.70. The molecule has 170 valence electrons. The lowest BCUT2D eigenvalue weighted by molar-refractivity contribution is -0.133. The van der Waals surface area contributed by atoms with Crippen molar-refractivity contribution in [3.8, 4) is 5.75 Å². The lowest BCUT2D eigenvalue weighted by Gasteiger charge is -2.23. The standard InChI is InChI=1S/C24H21NO7S/c1-25(16-8-9-33(28,29)14-16)23(26)13-30-17-6-7-21-18(11-17)19(12-31-21)24(27)22-10-15-4-2-3-5-20(15)32-22/h2-7,10-12,16H,8-9,13-14H2,1H3/t16-/m1/s1. The molecule has 3 heterocycles. The molecule has 0 saturated carbocycles. The van der Waals surface area contributed by atoms with Crippen LogP contribution in [-0.2, 0) is 14.6 Å². The van der Waals surface area contributed by atoms with E-state index in [4.69, 9.17) is 13.6 Å². The number of sulfone groups is 1. The number of hydrogen-bond acceptors (Lipinski definition) is 7. The van der Waals surface area contributed by atoms with Crippen LogP contribution in [0.15, 0.2) is 63.6 Å². The maximum Gasteiger partial charge on any atom is 0.260 e. The maximum atomic E-state index is 13.1. The fraction of sp³-hybridized carbons (Fsp3) is 0.250. The van der Waals surface area contributed by atoms with Gasteiger partial charge in [0.15, 0.2) is 22.2 Å². The molecule has 0 bridgehead atoms. The quantitative estimate of drug-likeness (QED) is 0.400. The molecule has 1 saturated heterocycles. The Bertz CT molecular complexity index is 1450. The van der Waals surface area contributed by atoms with Crippen LogP contribution in [0.3, 0.4) is 0 Å². The number of rotatable bonds is 6. The normalized spacial score (nSPS) is 17.4. The fourth-order valence-electron chi connectivity index (χ4n) is 4.03. The summed E-state index contributed by atoms with van der Waals surface area (Å²) < 4.78 is 40.2. The predicted molar refractivity (Wildman–Crippen MR) is 121 cm³/mol. The molecule has 0 radical (unpaired) electrons. The van der Waals surface area contributed by atoms with Crippen molar-refractivity contribution < 1.29 is 31.6 Å². The highest BCUT2D eigenvalue weighted by molar-refractivity contribution is 7.91. The first-order chi connectivity index (χ1) is 15.8. The number of benzene rings is 2. The smallest absolute Gasteiger partial charge is 0.260 e. The molecule has 1 aliphatic rings. The molecular formula is C24H21NO7S. The molecule has 0 unspecified atom stereocenters. The van der Waals surface area contributed by atoms with E-state index >= 15 is 0 Å². The Labute approximate surface area is 189 Å². The third-order valence-electron chi connectivity index (χ3n) is 5.95. The Morgan fingerprint density at radius 3 is 2.70 bits per heavy atom. The van der Waals surface area contributed by atoms with Crippen molar-refractivity contribution in [2.24, 2.45) is 0 Å². The number of nitrogens with zero attached hydrogens (tertiary/aromatic N) is 1. The summed E-state index contributed by atoms with van der Waals surface area (Å²) in [5, 5.41) is 1.37. The lowest BCUT2D eigenvalue weighted by atomic mass is 10.1. The molecular weight excluding hydrogens is 446 g/mol. The summed E-state index contributed by atoms with van der Waals surface area (Å²) >= 11 is 0. The summed E-state index contributed by atoms with van der Waals surface area (Å²) in [5.74, 6) is 0.0268. The van der Waals surface area contributed by atoms with Gasteiger partial charge in [0.25, 0.3) is 5.91 Å². The van der Waals surface area contributed by atoms with E-state index in [0.717, 1.165) is 5.39 Å². The van der Waals surface area contributed by atoms with Crippen LogP contribution in [0, 0.1) is 0 Å². The first-order valence-electron chi connectivity index (χ1n) is 10.4. The van der Waals surface area contributed by atoms with Gasteiger partial charge in [0.2, 0.25) is 5.78 Å². The molecule has 2 aromatic carbocycles. The average molecular weight is 467 g/mol. The Balaban J connectivity index is 1.33. The van der Waals surface area contributed by atoms with E-state index in [1.807, 2.05) is 18.2 Å². The molecule has 9 heteroatoms. The van der Waals surface area contributed by atoms with Crippen molar-refractivity contribution >= 4 is 43.5 Å². The second-order valence-electron chi connectivity index (χ2n) is 8.14. The van der Waals surface area contributed by atoms with Gasteiger partial charge in [-0.15, -0.1) is 0 Å². The fourth-order valence-corrected chi connectivity index (χ4v) is 5.81. The SMILES string of the molecule is CN(C(=O)COc1ccc2occ(C(=O)c3cc4ccccc4o3)c2c1)[C@@H]1CCS(=O)(=O)C1. The molecule has 1 atom stereocenters. The second kappa shape index (κ2) is 8.08. The van der Waals surface area contributed by atoms with Crippen molar-refractivity contribution in [1.29, 1.82) is 0 Å². The van der Waals surface area contributed by atoms with E-state index < -0.39 is 9.84 Å². The zero-order valence-corrected chi connectivity index (χ0v) is 18.6. The van der Waals surface area contributed by atoms with Crippen LogP contribution in [0.5, 0.6) is 5.75 Å². The highest BCUT2D eigenvalue weighted by Gasteiger charge is 2.32. The Hall–Kier alpha value is -3.59. The van der Waals surface area contributed by atoms with Crippen LogP contribution in [0.1, 0.15) is 22.5 Å². The number of fused-ring (bicyclic) bond motifs is 2. The van der Waals surface area contributed by atoms with Crippen molar-refractivity contribution in [3.05, 3.63) is 66.1 Å². The van der Waals surface area contributed by atoms with Crippen LogP contribution in [0.4, 0.5) is 0 Å². The second-order valence-corrected chi connectivity index (χ2v) is 10.4. The van der Waals surface area contributed by atoms with Gasteiger partial charge >= 0.3 is 0 Å². The van der Waals surface area contributed by atoms with E-state index in [1.54, 1.807) is 37.4 Å². The third kappa shape index (κ3) is 4.11. The van der Waals surface area contributed by atoms with Crippen LogP contribution in [0.25, 0.3) is 21.9 Å². The van der Waals surface area contributed by atoms with Gasteiger partial charge in [-0.3, -0.25) is 9.59 Å². The predicted octanol–water partition coefficient (Wildman–Crippen LogP) is 3.43. The molecule has 4 aromatic rings. The highest BCUT2D eigenvalue weighted by atomic mass is 32.2. The molecule has 0 aliphatic carbocycles. The van der Waals surface area contributed by atoms with Gasteiger partial charge in [-0.05, 0) is 36.8 Å². The first kappa shape index (κ1) is 21.3. The largest absolute Gasteiger partial charge is 0.484 e. The van der Waals surface area contributed by atoms with Gasteiger partial charge in [0.05, 0.1) is 17.1 Å². The number of hydrogen-bond donors (Lipinski definition) is 0. The van der Waals surface area contributed by atoms with Gasteiger partial charge in [-0.1, -0.05) is 18.2 Å². The number of furan rings is 2. The van der Waals surface area contributed by atoms with Gasteiger partial charge in [-0.25, -0.2) is 8.42 Å². The van der Waals surface area contributed by atoms with E-state index in [2.05, 4.69) is 0 Å². The zero-order chi connectivity index (χ0) is 23.2. The van der Waals surface area contributed by atoms with E-state index in [1.165, 1.54) is 11.2 Å². The molecule has 2 aromatic heterocycles. The number of para-hydroxylation sites is 1. The number of carbonyl (C=O) groups is 2. The molecule has 1 amide bonds. The summed E-state index contributed by atoms with van der Waals surface area (Å²) in [6.07, 6.45) is 1.81. The van der Waals surface area contributed by atoms with Crippen molar-refractivity contribution in [1.82, 2.24) is 4.90 Å². The Morgan fingerprint density at radius 1 is 1.12 bits per heavy atom. The summed E-state index contributed by atoms with van der Waals surface area (Å²) in [5.41, 5.74) is 1.45. The van der Waals surface area contributed by atoms with Gasteiger partial charge < -0.3 is 18.5 Å². The van der Waals surface area contributed by atoms with Gasteiger partial charge in [0.1, 0.15) is 23.2 Å².